The Bertz CT molecular complexity index is 984. The first kappa shape index (κ1) is 20.2. The molecule has 146 valence electrons. The number of nitrogens with zero attached hydrogens (tertiary/aromatic N) is 2. The molecular weight excluding hydrogens is 380 g/mol. The van der Waals surface area contributed by atoms with Crippen LogP contribution in [0.1, 0.15) is 16.2 Å². The first-order valence-corrected chi connectivity index (χ1v) is 9.17. The number of carbonyl (C=O) groups excluding carboxylic acids is 1. The van der Waals surface area contributed by atoms with Crippen LogP contribution >= 0.6 is 0 Å². The molecule has 1 aromatic carbocycles. The number of oxazole rings is 1. The third-order valence-electron chi connectivity index (χ3n) is 3.25. The van der Waals surface area contributed by atoms with Crippen molar-refractivity contribution in [2.45, 2.75) is 6.92 Å². The highest BCUT2D eigenvalue weighted by molar-refractivity contribution is 7.85. The molecule has 0 bridgehead atoms. The minimum absolute atomic E-state index is 0.0226. The Morgan fingerprint density at radius 2 is 1.96 bits per heavy atom. The van der Waals surface area contributed by atoms with Crippen LogP contribution in [0.15, 0.2) is 22.6 Å². The normalized spacial score (nSPS) is 11.1. The summed E-state index contributed by atoms with van der Waals surface area (Å²) in [5.41, 5.74) is 5.35. The molecule has 0 saturated heterocycles. The lowest BCUT2D eigenvalue weighted by Crippen LogP contribution is -2.42. The third-order valence-corrected chi connectivity index (χ3v) is 3.67. The van der Waals surface area contributed by atoms with Gasteiger partial charge in [-0.05, 0) is 19.1 Å². The Kier molecular flexibility index (Phi) is 5.71. The fraction of sp³-hybridized carbons (Fsp3) is 0.267. The van der Waals surface area contributed by atoms with E-state index < -0.39 is 22.0 Å². The smallest absolute Gasteiger partial charge is 0.308 e. The van der Waals surface area contributed by atoms with Crippen molar-refractivity contribution in [2.24, 2.45) is 5.73 Å². The van der Waals surface area contributed by atoms with Crippen LogP contribution in [0.2, 0.25) is 0 Å². The van der Waals surface area contributed by atoms with Gasteiger partial charge in [-0.1, -0.05) is 6.07 Å². The lowest BCUT2D eigenvalue weighted by molar-refractivity contribution is 0.0194. The Balaban J connectivity index is 2.50. The predicted octanol–water partition coefficient (Wildman–Crippen LogP) is 0.894. The van der Waals surface area contributed by atoms with Crippen molar-refractivity contribution in [1.82, 2.24) is 10.0 Å². The second-order valence-corrected chi connectivity index (χ2v) is 6.79. The molecule has 1 heterocycles. The highest BCUT2D eigenvalue weighted by Crippen LogP contribution is 2.38. The molecule has 2 rings (SSSR count). The number of benzene rings is 1. The van der Waals surface area contributed by atoms with Gasteiger partial charge in [0.15, 0.2) is 17.2 Å². The number of rotatable bonds is 6. The number of carbonyl (C=O) groups is 1. The molecule has 1 aromatic heterocycles. The number of amides is 1. The maximum atomic E-state index is 12.5. The van der Waals surface area contributed by atoms with Crippen molar-refractivity contribution in [3.8, 4) is 23.0 Å². The van der Waals surface area contributed by atoms with Gasteiger partial charge in [0.05, 0.1) is 26.0 Å². The zero-order valence-corrected chi connectivity index (χ0v) is 15.8. The van der Waals surface area contributed by atoms with E-state index in [0.29, 0.717) is 23.3 Å². The number of guanidine groups is 1. The van der Waals surface area contributed by atoms with Crippen LogP contribution in [0.5, 0.6) is 11.5 Å². The molecule has 0 aliphatic rings. The summed E-state index contributed by atoms with van der Waals surface area (Å²) in [6.45, 7) is 1.44. The maximum Gasteiger partial charge on any atom is 0.308 e. The van der Waals surface area contributed by atoms with Gasteiger partial charge in [0.25, 0.3) is 10.1 Å². The largest absolute Gasteiger partial charge is 0.493 e. The second kappa shape index (κ2) is 7.63. The average molecular weight is 398 g/mol. The van der Waals surface area contributed by atoms with Gasteiger partial charge in [-0.15, -0.1) is 9.35 Å². The highest BCUT2D eigenvalue weighted by Gasteiger charge is 2.30. The van der Waals surface area contributed by atoms with E-state index in [1.807, 2.05) is 0 Å². The van der Waals surface area contributed by atoms with Crippen LogP contribution in [0.4, 0.5) is 0 Å². The molecule has 0 radical (unpaired) electrons. The van der Waals surface area contributed by atoms with E-state index in [1.54, 1.807) is 18.2 Å². The van der Waals surface area contributed by atoms with Crippen LogP contribution in [0.25, 0.3) is 11.5 Å². The quantitative estimate of drug-likeness (QED) is 0.409. The standard InChI is InChI=1S/C15H18N4O7S/c1-8-11(14(20)19(15(16)17)26-27(4,21)22)18-13(25-8)9-6-5-7-10(23-2)12(9)24-3/h5-7H,1-4H3,(H3,16,17). The summed E-state index contributed by atoms with van der Waals surface area (Å²) in [4.78, 5) is 16.6. The van der Waals surface area contributed by atoms with Crippen molar-refractivity contribution in [1.29, 1.82) is 5.41 Å². The first-order chi connectivity index (χ1) is 12.6. The van der Waals surface area contributed by atoms with Crippen LogP contribution in [0.3, 0.4) is 0 Å². The molecule has 0 fully saturated rings. The Hall–Kier alpha value is -3.12. The summed E-state index contributed by atoms with van der Waals surface area (Å²) >= 11 is 0. The number of nitrogens with one attached hydrogen (secondary N) is 1. The zero-order valence-electron chi connectivity index (χ0n) is 15.0. The SMILES string of the molecule is COc1cccc(-c2nc(C(=O)N(OS(C)(=O)=O)C(=N)N)c(C)o2)c1OC. The topological polar surface area (TPSA) is 158 Å². The van der Waals surface area contributed by atoms with Gasteiger partial charge in [-0.2, -0.15) is 8.42 Å². The monoisotopic (exact) mass is 398 g/mol. The van der Waals surface area contributed by atoms with E-state index >= 15 is 0 Å². The molecule has 0 saturated carbocycles. The lowest BCUT2D eigenvalue weighted by atomic mass is 10.2. The van der Waals surface area contributed by atoms with Gasteiger partial charge < -0.3 is 19.6 Å². The lowest BCUT2D eigenvalue weighted by Gasteiger charge is -2.16. The van der Waals surface area contributed by atoms with Gasteiger partial charge in [0.1, 0.15) is 5.76 Å². The van der Waals surface area contributed by atoms with E-state index in [1.165, 1.54) is 21.1 Å². The molecule has 12 heteroatoms. The second-order valence-electron chi connectivity index (χ2n) is 5.23. The molecule has 1 amide bonds. The number of nitrogens with two attached hydrogens (primary N) is 1. The molecule has 0 aliphatic heterocycles. The fourth-order valence-electron chi connectivity index (χ4n) is 2.18. The van der Waals surface area contributed by atoms with Crippen molar-refractivity contribution in [3.05, 3.63) is 29.7 Å². The zero-order chi connectivity index (χ0) is 20.4. The Labute approximate surface area is 155 Å². The van der Waals surface area contributed by atoms with Crippen LogP contribution in [-0.4, -0.2) is 50.8 Å². The highest BCUT2D eigenvalue weighted by atomic mass is 32.2. The van der Waals surface area contributed by atoms with E-state index in [4.69, 9.17) is 25.0 Å². The number of aromatic nitrogens is 1. The van der Waals surface area contributed by atoms with E-state index in [2.05, 4.69) is 9.27 Å². The molecule has 27 heavy (non-hydrogen) atoms. The van der Waals surface area contributed by atoms with Crippen molar-refractivity contribution >= 4 is 22.0 Å². The molecule has 11 nitrogen and oxygen atoms in total. The molecule has 0 spiro atoms. The maximum absolute atomic E-state index is 12.5. The van der Waals surface area contributed by atoms with E-state index in [0.717, 1.165) is 0 Å². The summed E-state index contributed by atoms with van der Waals surface area (Å²) < 4.78 is 43.1. The minimum Gasteiger partial charge on any atom is -0.493 e. The van der Waals surface area contributed by atoms with Crippen LogP contribution in [0, 0.1) is 12.3 Å². The Morgan fingerprint density at radius 3 is 2.48 bits per heavy atom. The molecular formula is C15H18N4O7S. The molecule has 0 aliphatic carbocycles. The van der Waals surface area contributed by atoms with Gasteiger partial charge >= 0.3 is 5.91 Å². The summed E-state index contributed by atoms with van der Waals surface area (Å²) in [5.74, 6) is -1.19. The summed E-state index contributed by atoms with van der Waals surface area (Å²) in [5, 5.41) is 7.47. The summed E-state index contributed by atoms with van der Waals surface area (Å²) in [6, 6.07) is 4.98. The van der Waals surface area contributed by atoms with Gasteiger partial charge in [-0.25, -0.2) is 4.98 Å². The van der Waals surface area contributed by atoms with Crippen molar-refractivity contribution in [3.63, 3.8) is 0 Å². The van der Waals surface area contributed by atoms with Crippen molar-refractivity contribution < 1.29 is 31.4 Å². The Morgan fingerprint density at radius 1 is 1.30 bits per heavy atom. The number of para-hydroxylation sites is 1. The predicted molar refractivity (Wildman–Crippen MR) is 93.8 cm³/mol. The number of methoxy groups -OCH3 is 2. The first-order valence-electron chi connectivity index (χ1n) is 7.36. The van der Waals surface area contributed by atoms with Gasteiger partial charge in [0, 0.05) is 0 Å². The number of aryl methyl sites for hydroxylation is 1. The van der Waals surface area contributed by atoms with Gasteiger partial charge in [0.2, 0.25) is 11.9 Å². The molecule has 3 N–H and O–H groups in total. The van der Waals surface area contributed by atoms with E-state index in [9.17, 15) is 13.2 Å². The van der Waals surface area contributed by atoms with Crippen molar-refractivity contribution in [2.75, 3.05) is 20.5 Å². The molecule has 0 unspecified atom stereocenters. The third kappa shape index (κ3) is 4.35. The summed E-state index contributed by atoms with van der Waals surface area (Å²) in [7, 11) is -1.22. The van der Waals surface area contributed by atoms with Crippen LogP contribution in [-0.2, 0) is 14.4 Å². The number of hydrogen-bond donors (Lipinski definition) is 2. The minimum atomic E-state index is -4.11. The average Bonchev–Trinajstić information content (AvgIpc) is 2.98. The number of hydroxylamine groups is 2. The number of hydrogen-bond acceptors (Lipinski definition) is 9. The number of ether oxygens (including phenoxy) is 2. The molecule has 0 atom stereocenters. The van der Waals surface area contributed by atoms with Crippen LogP contribution < -0.4 is 15.2 Å². The summed E-state index contributed by atoms with van der Waals surface area (Å²) in [6.07, 6.45) is 0.707. The van der Waals surface area contributed by atoms with E-state index in [-0.39, 0.29) is 22.4 Å². The molecule has 2 aromatic rings. The fourth-order valence-corrected chi connectivity index (χ4v) is 2.60. The van der Waals surface area contributed by atoms with Gasteiger partial charge in [-0.3, -0.25) is 10.2 Å².